The molecule has 2 N–H and O–H groups in total. The lowest BCUT2D eigenvalue weighted by Gasteiger charge is -2.11. The highest BCUT2D eigenvalue weighted by Crippen LogP contribution is 2.22. The van der Waals surface area contributed by atoms with Crippen LogP contribution in [-0.2, 0) is 13.0 Å². The zero-order valence-electron chi connectivity index (χ0n) is 17.1. The summed E-state index contributed by atoms with van der Waals surface area (Å²) in [5.74, 6) is -0.229. The third-order valence-electron chi connectivity index (χ3n) is 4.78. The van der Waals surface area contributed by atoms with Gasteiger partial charge >= 0.3 is 0 Å². The van der Waals surface area contributed by atoms with Gasteiger partial charge in [0.25, 0.3) is 11.5 Å². The van der Waals surface area contributed by atoms with Crippen LogP contribution in [0, 0.1) is 13.8 Å². The van der Waals surface area contributed by atoms with Gasteiger partial charge in [0, 0.05) is 29.5 Å². The molecule has 0 saturated carbocycles. The van der Waals surface area contributed by atoms with E-state index in [0.29, 0.717) is 11.1 Å². The standard InChI is InChI=1S/C21H27N5O2/c1-6-7-15-9-16(18-11-23-26(12(2)3)19(18)25-15)20(27)22-10-17-13(4)8-14(5)24-21(17)28/h8-9,11-12H,6-7,10H2,1-5H3,(H,22,27)(H,24,28). The van der Waals surface area contributed by atoms with Crippen LogP contribution in [-0.4, -0.2) is 25.7 Å². The number of fused-ring (bicyclic) bond motifs is 1. The van der Waals surface area contributed by atoms with E-state index in [-0.39, 0.29) is 24.1 Å². The van der Waals surface area contributed by atoms with Crippen LogP contribution in [0.5, 0.6) is 0 Å². The highest BCUT2D eigenvalue weighted by Gasteiger charge is 2.18. The van der Waals surface area contributed by atoms with Crippen LogP contribution in [0.2, 0.25) is 0 Å². The number of rotatable bonds is 6. The van der Waals surface area contributed by atoms with Crippen LogP contribution in [0.3, 0.4) is 0 Å². The summed E-state index contributed by atoms with van der Waals surface area (Å²) in [5.41, 5.74) is 4.19. The second-order valence-electron chi connectivity index (χ2n) is 7.46. The van der Waals surface area contributed by atoms with Gasteiger partial charge in [0.2, 0.25) is 0 Å². The number of pyridine rings is 2. The smallest absolute Gasteiger partial charge is 0.253 e. The van der Waals surface area contributed by atoms with Gasteiger partial charge in [-0.15, -0.1) is 0 Å². The molecular weight excluding hydrogens is 354 g/mol. The molecule has 0 atom stereocenters. The van der Waals surface area contributed by atoms with Crippen molar-refractivity contribution in [2.75, 3.05) is 0 Å². The third-order valence-corrected chi connectivity index (χ3v) is 4.78. The Hall–Kier alpha value is -2.96. The maximum absolute atomic E-state index is 13.0. The van der Waals surface area contributed by atoms with Crippen LogP contribution >= 0.6 is 0 Å². The van der Waals surface area contributed by atoms with Crippen molar-refractivity contribution in [2.45, 2.75) is 60.0 Å². The number of nitrogens with zero attached hydrogens (tertiary/aromatic N) is 3. The van der Waals surface area contributed by atoms with E-state index in [1.165, 1.54) is 0 Å². The van der Waals surface area contributed by atoms with Crippen molar-refractivity contribution < 1.29 is 4.79 Å². The zero-order chi connectivity index (χ0) is 20.4. The van der Waals surface area contributed by atoms with E-state index in [2.05, 4.69) is 22.3 Å². The first-order valence-corrected chi connectivity index (χ1v) is 9.66. The molecule has 7 nitrogen and oxygen atoms in total. The molecule has 3 heterocycles. The normalized spacial score (nSPS) is 11.4. The monoisotopic (exact) mass is 381 g/mol. The average Bonchev–Trinajstić information content (AvgIpc) is 3.04. The molecule has 0 saturated heterocycles. The molecule has 1 amide bonds. The molecule has 3 aromatic heterocycles. The summed E-state index contributed by atoms with van der Waals surface area (Å²) in [4.78, 5) is 32.7. The zero-order valence-corrected chi connectivity index (χ0v) is 17.1. The van der Waals surface area contributed by atoms with E-state index >= 15 is 0 Å². The van der Waals surface area contributed by atoms with Crippen LogP contribution in [0.4, 0.5) is 0 Å². The predicted molar refractivity (Wildman–Crippen MR) is 110 cm³/mol. The Morgan fingerprint density at radius 1 is 1.29 bits per heavy atom. The van der Waals surface area contributed by atoms with Crippen molar-refractivity contribution >= 4 is 16.9 Å². The van der Waals surface area contributed by atoms with Crippen molar-refractivity contribution in [2.24, 2.45) is 0 Å². The number of H-pyrrole nitrogens is 1. The van der Waals surface area contributed by atoms with Gasteiger partial charge in [-0.3, -0.25) is 9.59 Å². The highest BCUT2D eigenvalue weighted by atomic mass is 16.1. The summed E-state index contributed by atoms with van der Waals surface area (Å²) >= 11 is 0. The maximum atomic E-state index is 13.0. The first kappa shape index (κ1) is 19.8. The molecule has 7 heteroatoms. The van der Waals surface area contributed by atoms with Gasteiger partial charge in [0.1, 0.15) is 0 Å². The number of hydrogen-bond donors (Lipinski definition) is 2. The molecule has 0 radical (unpaired) electrons. The average molecular weight is 381 g/mol. The van der Waals surface area contributed by atoms with Gasteiger partial charge in [0.15, 0.2) is 5.65 Å². The molecule has 0 fully saturated rings. The first-order chi connectivity index (χ1) is 13.3. The molecule has 0 aliphatic heterocycles. The molecule has 0 unspecified atom stereocenters. The van der Waals surface area contributed by atoms with E-state index in [9.17, 15) is 9.59 Å². The highest BCUT2D eigenvalue weighted by molar-refractivity contribution is 6.05. The lowest BCUT2D eigenvalue weighted by Crippen LogP contribution is -2.28. The van der Waals surface area contributed by atoms with E-state index in [1.54, 1.807) is 6.20 Å². The Balaban J connectivity index is 1.96. The number of aromatic nitrogens is 4. The molecule has 3 aromatic rings. The van der Waals surface area contributed by atoms with Gasteiger partial charge in [-0.25, -0.2) is 9.67 Å². The van der Waals surface area contributed by atoms with E-state index in [0.717, 1.165) is 40.8 Å². The van der Waals surface area contributed by atoms with E-state index in [4.69, 9.17) is 4.98 Å². The minimum absolute atomic E-state index is 0.145. The molecule has 0 aliphatic carbocycles. The quantitative estimate of drug-likeness (QED) is 0.686. The summed E-state index contributed by atoms with van der Waals surface area (Å²) in [6, 6.07) is 3.88. The SMILES string of the molecule is CCCc1cc(C(=O)NCc2c(C)cc(C)[nH]c2=O)c2cnn(C(C)C)c2n1. The van der Waals surface area contributed by atoms with Crippen LogP contribution in [0.15, 0.2) is 23.1 Å². The molecule has 0 aromatic carbocycles. The molecule has 0 bridgehead atoms. The van der Waals surface area contributed by atoms with Crippen LogP contribution in [0.25, 0.3) is 11.0 Å². The molecule has 3 rings (SSSR count). The molecule has 0 aliphatic rings. The lowest BCUT2D eigenvalue weighted by atomic mass is 10.1. The Kier molecular flexibility index (Phi) is 5.63. The van der Waals surface area contributed by atoms with Gasteiger partial charge in [0.05, 0.1) is 17.1 Å². The third kappa shape index (κ3) is 3.83. The van der Waals surface area contributed by atoms with Gasteiger partial charge < -0.3 is 10.3 Å². The number of aryl methyl sites for hydroxylation is 3. The van der Waals surface area contributed by atoms with Crippen molar-refractivity contribution in [1.82, 2.24) is 25.1 Å². The first-order valence-electron chi connectivity index (χ1n) is 9.66. The fourth-order valence-electron chi connectivity index (χ4n) is 3.39. The fraction of sp³-hybridized carbons (Fsp3) is 0.429. The summed E-state index contributed by atoms with van der Waals surface area (Å²) in [6.45, 7) is 10.0. The van der Waals surface area contributed by atoms with Gasteiger partial charge in [-0.1, -0.05) is 13.3 Å². The van der Waals surface area contributed by atoms with E-state index in [1.807, 2.05) is 44.5 Å². The Morgan fingerprint density at radius 3 is 2.68 bits per heavy atom. The molecule has 148 valence electrons. The predicted octanol–water partition coefficient (Wildman–Crippen LogP) is 3.20. The number of aromatic amines is 1. The topological polar surface area (TPSA) is 92.7 Å². The van der Waals surface area contributed by atoms with Crippen LogP contribution in [0.1, 0.15) is 66.1 Å². The molecular formula is C21H27N5O2. The second kappa shape index (κ2) is 7.96. The lowest BCUT2D eigenvalue weighted by molar-refractivity contribution is 0.0952. The van der Waals surface area contributed by atoms with Crippen molar-refractivity contribution in [3.05, 3.63) is 56.8 Å². The molecule has 28 heavy (non-hydrogen) atoms. The number of nitrogens with one attached hydrogen (secondary N) is 2. The summed E-state index contributed by atoms with van der Waals surface area (Å²) in [5, 5.41) is 8.03. The summed E-state index contributed by atoms with van der Waals surface area (Å²) in [7, 11) is 0. The van der Waals surface area contributed by atoms with Gasteiger partial charge in [-0.2, -0.15) is 5.10 Å². The number of amides is 1. The fourth-order valence-corrected chi connectivity index (χ4v) is 3.39. The summed E-state index contributed by atoms with van der Waals surface area (Å²) in [6.07, 6.45) is 3.42. The van der Waals surface area contributed by atoms with Crippen molar-refractivity contribution in [3.63, 3.8) is 0 Å². The van der Waals surface area contributed by atoms with Crippen molar-refractivity contribution in [1.29, 1.82) is 0 Å². The Morgan fingerprint density at radius 2 is 2.04 bits per heavy atom. The number of carbonyl (C=O) groups excluding carboxylic acids is 1. The minimum Gasteiger partial charge on any atom is -0.348 e. The minimum atomic E-state index is -0.229. The van der Waals surface area contributed by atoms with Gasteiger partial charge in [-0.05, 0) is 51.8 Å². The maximum Gasteiger partial charge on any atom is 0.253 e. The van der Waals surface area contributed by atoms with Crippen LogP contribution < -0.4 is 10.9 Å². The largest absolute Gasteiger partial charge is 0.348 e. The van der Waals surface area contributed by atoms with E-state index < -0.39 is 0 Å². The molecule has 0 spiro atoms. The number of carbonyl (C=O) groups is 1. The van der Waals surface area contributed by atoms with Crippen molar-refractivity contribution in [3.8, 4) is 0 Å². The number of hydrogen-bond acceptors (Lipinski definition) is 4. The second-order valence-corrected chi connectivity index (χ2v) is 7.46. The Bertz CT molecular complexity index is 1080. The summed E-state index contributed by atoms with van der Waals surface area (Å²) < 4.78 is 1.83. The Labute approximate surface area is 164 Å².